The molecule has 0 aromatic carbocycles. The molecule has 0 heterocycles. The Morgan fingerprint density at radius 1 is 1.40 bits per heavy atom. The highest BCUT2D eigenvalue weighted by molar-refractivity contribution is 5.67. The van der Waals surface area contributed by atoms with E-state index in [1.165, 1.54) is 0 Å². The molecule has 0 aliphatic carbocycles. The summed E-state index contributed by atoms with van der Waals surface area (Å²) in [5, 5.41) is 11.7. The number of carboxylic acids is 1. The first-order valence-electron chi connectivity index (χ1n) is 5.55. The van der Waals surface area contributed by atoms with Crippen LogP contribution >= 0.6 is 0 Å². The van der Waals surface area contributed by atoms with E-state index in [0.29, 0.717) is 5.92 Å². The van der Waals surface area contributed by atoms with Crippen LogP contribution in [0.15, 0.2) is 0 Å². The maximum atomic E-state index is 10.4. The van der Waals surface area contributed by atoms with Crippen LogP contribution in [-0.2, 0) is 9.53 Å². The maximum absolute atomic E-state index is 10.4. The fourth-order valence-corrected chi connectivity index (χ4v) is 1.18. The molecule has 1 atom stereocenters. The van der Waals surface area contributed by atoms with E-state index >= 15 is 0 Å². The van der Waals surface area contributed by atoms with Gasteiger partial charge in [0.2, 0.25) is 0 Å². The topological polar surface area (TPSA) is 58.6 Å². The molecule has 0 fully saturated rings. The molecule has 15 heavy (non-hydrogen) atoms. The molecule has 1 unspecified atom stereocenters. The molecule has 0 aromatic heterocycles. The number of carboxylic acid groups (broad SMARTS) is 1. The Balaban J connectivity index is 3.20. The van der Waals surface area contributed by atoms with Crippen LogP contribution in [-0.4, -0.2) is 36.9 Å². The number of hydrogen-bond donors (Lipinski definition) is 2. The molecule has 0 saturated heterocycles. The van der Waals surface area contributed by atoms with Gasteiger partial charge in [-0.3, -0.25) is 4.79 Å². The molecule has 2 N–H and O–H groups in total. The van der Waals surface area contributed by atoms with Crippen LogP contribution in [0.1, 0.15) is 33.6 Å². The average molecular weight is 217 g/mol. The summed E-state index contributed by atoms with van der Waals surface area (Å²) in [4.78, 5) is 10.4. The molecule has 0 aliphatic heterocycles. The monoisotopic (exact) mass is 217 g/mol. The minimum absolute atomic E-state index is 0.0348. The predicted octanol–water partition coefficient (Wildman–Crippen LogP) is 1.50. The van der Waals surface area contributed by atoms with Gasteiger partial charge in [0.15, 0.2) is 0 Å². The molecule has 90 valence electrons. The van der Waals surface area contributed by atoms with Crippen LogP contribution in [0.2, 0.25) is 0 Å². The van der Waals surface area contributed by atoms with E-state index in [0.717, 1.165) is 26.2 Å². The van der Waals surface area contributed by atoms with Crippen LogP contribution in [0.5, 0.6) is 0 Å². The normalized spacial score (nSPS) is 13.1. The highest BCUT2D eigenvalue weighted by Crippen LogP contribution is 1.94. The van der Waals surface area contributed by atoms with Crippen molar-refractivity contribution in [2.45, 2.75) is 39.7 Å². The first-order valence-corrected chi connectivity index (χ1v) is 5.55. The summed E-state index contributed by atoms with van der Waals surface area (Å²) in [7, 11) is 0. The van der Waals surface area contributed by atoms with E-state index in [4.69, 9.17) is 9.84 Å². The number of aliphatic carboxylic acids is 1. The molecule has 0 aliphatic rings. The Labute approximate surface area is 92.0 Å². The van der Waals surface area contributed by atoms with Crippen LogP contribution in [0.25, 0.3) is 0 Å². The Hall–Kier alpha value is -0.610. The Bertz CT molecular complexity index is 171. The fourth-order valence-electron chi connectivity index (χ4n) is 1.18. The molecule has 0 amide bonds. The van der Waals surface area contributed by atoms with Crippen molar-refractivity contribution >= 4 is 5.97 Å². The van der Waals surface area contributed by atoms with Crippen LogP contribution < -0.4 is 5.32 Å². The lowest BCUT2D eigenvalue weighted by Crippen LogP contribution is -2.29. The first kappa shape index (κ1) is 14.4. The largest absolute Gasteiger partial charge is 0.481 e. The van der Waals surface area contributed by atoms with Crippen molar-refractivity contribution in [3.05, 3.63) is 0 Å². The van der Waals surface area contributed by atoms with Gasteiger partial charge in [-0.25, -0.2) is 0 Å². The molecule has 0 aromatic rings. The summed E-state index contributed by atoms with van der Waals surface area (Å²) >= 11 is 0. The van der Waals surface area contributed by atoms with Gasteiger partial charge in [0.05, 0.1) is 6.42 Å². The summed E-state index contributed by atoms with van der Waals surface area (Å²) in [6, 6.07) is 0.0348. The minimum Gasteiger partial charge on any atom is -0.481 e. The molecule has 0 spiro atoms. The quantitative estimate of drug-likeness (QED) is 0.575. The molecule has 0 rings (SSSR count). The van der Waals surface area contributed by atoms with Gasteiger partial charge in [0.1, 0.15) is 0 Å². The molecule has 0 saturated carbocycles. The third kappa shape index (κ3) is 11.3. The SMILES string of the molecule is CC(C)COCCCNC(C)CC(=O)O. The first-order chi connectivity index (χ1) is 7.02. The summed E-state index contributed by atoms with van der Waals surface area (Å²) < 4.78 is 5.40. The second-order valence-corrected chi connectivity index (χ2v) is 4.28. The highest BCUT2D eigenvalue weighted by Gasteiger charge is 2.05. The Morgan fingerprint density at radius 3 is 2.60 bits per heavy atom. The van der Waals surface area contributed by atoms with Crippen molar-refractivity contribution in [2.75, 3.05) is 19.8 Å². The summed E-state index contributed by atoms with van der Waals surface area (Å²) in [5.41, 5.74) is 0. The van der Waals surface area contributed by atoms with Crippen LogP contribution in [0, 0.1) is 5.92 Å². The Kier molecular flexibility index (Phi) is 8.33. The number of carbonyl (C=O) groups is 1. The Morgan fingerprint density at radius 2 is 2.07 bits per heavy atom. The van der Waals surface area contributed by atoms with Gasteiger partial charge in [-0.15, -0.1) is 0 Å². The van der Waals surface area contributed by atoms with E-state index < -0.39 is 5.97 Å². The third-order valence-corrected chi connectivity index (χ3v) is 1.89. The van der Waals surface area contributed by atoms with Crippen molar-refractivity contribution in [3.8, 4) is 0 Å². The molecule has 0 bridgehead atoms. The second kappa shape index (κ2) is 8.68. The zero-order valence-corrected chi connectivity index (χ0v) is 9.95. The van der Waals surface area contributed by atoms with Crippen molar-refractivity contribution in [1.82, 2.24) is 5.32 Å². The van der Waals surface area contributed by atoms with Gasteiger partial charge in [-0.2, -0.15) is 0 Å². The second-order valence-electron chi connectivity index (χ2n) is 4.28. The van der Waals surface area contributed by atoms with Gasteiger partial charge >= 0.3 is 5.97 Å². The minimum atomic E-state index is -0.758. The van der Waals surface area contributed by atoms with Gasteiger partial charge in [-0.05, 0) is 25.8 Å². The molecule has 4 heteroatoms. The molecular formula is C11H23NO3. The van der Waals surface area contributed by atoms with Gasteiger partial charge in [0.25, 0.3) is 0 Å². The van der Waals surface area contributed by atoms with Crippen molar-refractivity contribution < 1.29 is 14.6 Å². The molecule has 0 radical (unpaired) electrons. The standard InChI is InChI=1S/C11H23NO3/c1-9(2)8-15-6-4-5-12-10(3)7-11(13)14/h9-10,12H,4-8H2,1-3H3,(H,13,14). The maximum Gasteiger partial charge on any atom is 0.304 e. The zero-order chi connectivity index (χ0) is 11.7. The lowest BCUT2D eigenvalue weighted by molar-refractivity contribution is -0.137. The van der Waals surface area contributed by atoms with Crippen LogP contribution in [0.3, 0.4) is 0 Å². The van der Waals surface area contributed by atoms with Crippen molar-refractivity contribution in [2.24, 2.45) is 5.92 Å². The predicted molar refractivity (Wildman–Crippen MR) is 60.0 cm³/mol. The number of nitrogens with one attached hydrogen (secondary N) is 1. The summed E-state index contributed by atoms with van der Waals surface area (Å²) in [6.07, 6.45) is 1.10. The van der Waals surface area contributed by atoms with Gasteiger partial charge in [-0.1, -0.05) is 13.8 Å². The van der Waals surface area contributed by atoms with Crippen molar-refractivity contribution in [3.63, 3.8) is 0 Å². The van der Waals surface area contributed by atoms with Gasteiger partial charge < -0.3 is 15.2 Å². The van der Waals surface area contributed by atoms with E-state index in [9.17, 15) is 4.79 Å². The van der Waals surface area contributed by atoms with E-state index in [-0.39, 0.29) is 12.5 Å². The lowest BCUT2D eigenvalue weighted by Gasteiger charge is -2.11. The summed E-state index contributed by atoms with van der Waals surface area (Å²) in [6.45, 7) is 8.46. The third-order valence-electron chi connectivity index (χ3n) is 1.89. The zero-order valence-electron chi connectivity index (χ0n) is 9.95. The average Bonchev–Trinajstić information content (AvgIpc) is 2.09. The highest BCUT2D eigenvalue weighted by atomic mass is 16.5. The summed E-state index contributed by atoms with van der Waals surface area (Å²) in [5.74, 6) is -0.185. The molecule has 4 nitrogen and oxygen atoms in total. The van der Waals surface area contributed by atoms with E-state index in [1.54, 1.807) is 0 Å². The van der Waals surface area contributed by atoms with E-state index in [1.807, 2.05) is 6.92 Å². The van der Waals surface area contributed by atoms with E-state index in [2.05, 4.69) is 19.2 Å². The van der Waals surface area contributed by atoms with Gasteiger partial charge in [0, 0.05) is 19.3 Å². The van der Waals surface area contributed by atoms with Crippen LogP contribution in [0.4, 0.5) is 0 Å². The number of hydrogen-bond acceptors (Lipinski definition) is 3. The smallest absolute Gasteiger partial charge is 0.304 e. The lowest BCUT2D eigenvalue weighted by atomic mass is 10.2. The fraction of sp³-hybridized carbons (Fsp3) is 0.909. The molecular weight excluding hydrogens is 194 g/mol. The number of ether oxygens (including phenoxy) is 1. The number of rotatable bonds is 9. The van der Waals surface area contributed by atoms with Crippen molar-refractivity contribution in [1.29, 1.82) is 0 Å².